The Bertz CT molecular complexity index is 722. The van der Waals surface area contributed by atoms with Gasteiger partial charge < -0.3 is 5.32 Å². The van der Waals surface area contributed by atoms with Crippen LogP contribution in [0.25, 0.3) is 0 Å². The van der Waals surface area contributed by atoms with Crippen LogP contribution in [0.4, 0.5) is 11.4 Å². The Morgan fingerprint density at radius 3 is 2.50 bits per heavy atom. The second-order valence-electron chi connectivity index (χ2n) is 4.20. The van der Waals surface area contributed by atoms with Gasteiger partial charge in [-0.2, -0.15) is 5.26 Å². The molecule has 0 aliphatic carbocycles. The molecule has 0 saturated heterocycles. The van der Waals surface area contributed by atoms with Gasteiger partial charge in [-0.3, -0.25) is 10.1 Å². The summed E-state index contributed by atoms with van der Waals surface area (Å²) < 4.78 is 0. The van der Waals surface area contributed by atoms with Crippen LogP contribution in [0.15, 0.2) is 59.6 Å². The Labute approximate surface area is 133 Å². The van der Waals surface area contributed by atoms with E-state index in [1.807, 2.05) is 36.5 Å². The molecule has 110 valence electrons. The zero-order chi connectivity index (χ0) is 15.8. The van der Waals surface area contributed by atoms with Crippen LogP contribution in [0.5, 0.6) is 0 Å². The van der Waals surface area contributed by atoms with Gasteiger partial charge in [0.05, 0.1) is 11.3 Å². The number of nitrogens with zero attached hydrogens (tertiary/aromatic N) is 2. The lowest BCUT2D eigenvalue weighted by atomic mass is 10.1. The number of carbonyl (C=O) groups is 1. The van der Waals surface area contributed by atoms with E-state index in [2.05, 4.69) is 15.6 Å². The first-order valence-corrected chi connectivity index (χ1v) is 7.70. The third-order valence-electron chi connectivity index (χ3n) is 2.76. The third kappa shape index (κ3) is 4.11. The molecule has 0 unspecified atom stereocenters. The maximum absolute atomic E-state index is 12.4. The predicted octanol–water partition coefficient (Wildman–Crippen LogP) is 3.36. The highest BCUT2D eigenvalue weighted by Gasteiger charge is 2.11. The number of hydrogen-bond donors (Lipinski definition) is 2. The maximum Gasteiger partial charge on any atom is 0.257 e. The molecular weight excluding hydrogens is 296 g/mol. The van der Waals surface area contributed by atoms with Crippen molar-refractivity contribution in [3.63, 3.8) is 0 Å². The zero-order valence-electron chi connectivity index (χ0n) is 11.9. The number of nitrogens with one attached hydrogen (secondary N) is 2. The first-order chi connectivity index (χ1) is 10.7. The second kappa shape index (κ2) is 7.86. The van der Waals surface area contributed by atoms with Crippen LogP contribution in [0.1, 0.15) is 10.4 Å². The number of thioether (sulfide) groups is 1. The molecule has 0 atom stereocenters. The minimum absolute atomic E-state index is 0.247. The lowest BCUT2D eigenvalue weighted by Gasteiger charge is -2.08. The summed E-state index contributed by atoms with van der Waals surface area (Å²) in [5, 5.41) is 14.4. The average molecular weight is 310 g/mol. The van der Waals surface area contributed by atoms with Crippen LogP contribution in [-0.4, -0.2) is 17.3 Å². The number of carbonyl (C=O) groups excluding carboxylic acids is 1. The summed E-state index contributed by atoms with van der Waals surface area (Å²) in [6.45, 7) is 0. The van der Waals surface area contributed by atoms with Crippen molar-refractivity contribution in [2.45, 2.75) is 0 Å². The van der Waals surface area contributed by atoms with Crippen molar-refractivity contribution < 1.29 is 4.79 Å². The van der Waals surface area contributed by atoms with Crippen molar-refractivity contribution in [1.29, 1.82) is 5.26 Å². The number of amides is 1. The van der Waals surface area contributed by atoms with Gasteiger partial charge in [-0.15, -0.1) is 0 Å². The molecule has 6 heteroatoms. The fraction of sp³-hybridized carbons (Fsp3) is 0.0625. The zero-order valence-corrected chi connectivity index (χ0v) is 12.7. The van der Waals surface area contributed by atoms with Gasteiger partial charge in [0.15, 0.2) is 11.4 Å². The molecule has 0 saturated carbocycles. The Morgan fingerprint density at radius 2 is 1.82 bits per heavy atom. The van der Waals surface area contributed by atoms with E-state index in [1.165, 1.54) is 11.8 Å². The largest absolute Gasteiger partial charge is 0.322 e. The fourth-order valence-corrected chi connectivity index (χ4v) is 2.10. The van der Waals surface area contributed by atoms with Gasteiger partial charge in [0.1, 0.15) is 0 Å². The maximum atomic E-state index is 12.4. The van der Waals surface area contributed by atoms with E-state index in [4.69, 9.17) is 5.26 Å². The molecule has 0 bridgehead atoms. The number of nitriles is 1. The van der Waals surface area contributed by atoms with E-state index >= 15 is 0 Å². The molecule has 2 aromatic carbocycles. The van der Waals surface area contributed by atoms with Gasteiger partial charge >= 0.3 is 0 Å². The summed E-state index contributed by atoms with van der Waals surface area (Å²) in [6.07, 6.45) is 3.63. The van der Waals surface area contributed by atoms with E-state index in [9.17, 15) is 4.79 Å². The molecule has 2 N–H and O–H groups in total. The average Bonchev–Trinajstić information content (AvgIpc) is 2.55. The van der Waals surface area contributed by atoms with Crippen molar-refractivity contribution in [2.24, 2.45) is 4.99 Å². The first kappa shape index (κ1) is 15.6. The van der Waals surface area contributed by atoms with Crippen molar-refractivity contribution >= 4 is 34.2 Å². The predicted molar refractivity (Wildman–Crippen MR) is 90.2 cm³/mol. The van der Waals surface area contributed by atoms with Crippen LogP contribution < -0.4 is 10.6 Å². The summed E-state index contributed by atoms with van der Waals surface area (Å²) >= 11 is 1.30. The summed E-state index contributed by atoms with van der Waals surface area (Å²) in [6, 6.07) is 16.2. The van der Waals surface area contributed by atoms with Gasteiger partial charge in [0, 0.05) is 5.69 Å². The van der Waals surface area contributed by atoms with Crippen LogP contribution in [0, 0.1) is 11.5 Å². The van der Waals surface area contributed by atoms with Crippen LogP contribution in [-0.2, 0) is 0 Å². The van der Waals surface area contributed by atoms with Crippen LogP contribution in [0.2, 0.25) is 0 Å². The molecule has 0 aliphatic heterocycles. The highest BCUT2D eigenvalue weighted by molar-refractivity contribution is 8.13. The summed E-state index contributed by atoms with van der Waals surface area (Å²) in [7, 11) is 0. The van der Waals surface area contributed by atoms with Crippen molar-refractivity contribution in [3.05, 3.63) is 60.2 Å². The highest BCUT2D eigenvalue weighted by Crippen LogP contribution is 2.21. The minimum atomic E-state index is -0.247. The monoisotopic (exact) mass is 310 g/mol. The molecule has 2 aromatic rings. The number of rotatable bonds is 3. The van der Waals surface area contributed by atoms with Gasteiger partial charge in [-0.1, -0.05) is 42.1 Å². The standard InChI is InChI=1S/C16H14N4OS/c1-22-16(18-11-17)20-14-10-6-5-9-13(14)15(21)19-12-7-3-2-4-8-12/h2-10H,1H3,(H,18,20)(H,19,21). The summed E-state index contributed by atoms with van der Waals surface area (Å²) in [4.78, 5) is 16.7. The Hall–Kier alpha value is -2.78. The fourth-order valence-electron chi connectivity index (χ4n) is 1.76. The van der Waals surface area contributed by atoms with Crippen LogP contribution >= 0.6 is 11.8 Å². The van der Waals surface area contributed by atoms with Crippen molar-refractivity contribution in [3.8, 4) is 6.19 Å². The number of para-hydroxylation sites is 2. The number of aliphatic imine (C=N–C) groups is 1. The molecule has 1 amide bonds. The normalized spacial score (nSPS) is 10.6. The molecule has 5 nitrogen and oxygen atoms in total. The van der Waals surface area contributed by atoms with E-state index in [0.717, 1.165) is 0 Å². The Kier molecular flexibility index (Phi) is 5.57. The second-order valence-corrected chi connectivity index (χ2v) is 4.99. The molecular formula is C16H14N4OS. The number of benzene rings is 2. The lowest BCUT2D eigenvalue weighted by Crippen LogP contribution is -2.14. The molecule has 0 spiro atoms. The third-order valence-corrected chi connectivity index (χ3v) is 3.34. The smallest absolute Gasteiger partial charge is 0.257 e. The Balaban J connectivity index is 2.28. The molecule has 22 heavy (non-hydrogen) atoms. The topological polar surface area (TPSA) is 77.3 Å². The SMILES string of the molecule is CSC(=Nc1ccccc1C(=O)Nc1ccccc1)NC#N. The lowest BCUT2D eigenvalue weighted by molar-refractivity contribution is 0.102. The summed E-state index contributed by atoms with van der Waals surface area (Å²) in [5.41, 5.74) is 1.66. The number of amidine groups is 1. The van der Waals surface area contributed by atoms with Gasteiger partial charge in [0.2, 0.25) is 0 Å². The summed E-state index contributed by atoms with van der Waals surface area (Å²) in [5.74, 6) is -0.247. The quantitative estimate of drug-likeness (QED) is 0.394. The number of hydrogen-bond acceptors (Lipinski definition) is 4. The Morgan fingerprint density at radius 1 is 1.14 bits per heavy atom. The van der Waals surface area contributed by atoms with E-state index < -0.39 is 0 Å². The van der Waals surface area contributed by atoms with Gasteiger partial charge in [-0.05, 0) is 30.5 Å². The van der Waals surface area contributed by atoms with E-state index in [1.54, 1.807) is 30.5 Å². The van der Waals surface area contributed by atoms with E-state index in [0.29, 0.717) is 22.1 Å². The van der Waals surface area contributed by atoms with Gasteiger partial charge in [-0.25, -0.2) is 4.99 Å². The van der Waals surface area contributed by atoms with Crippen molar-refractivity contribution in [1.82, 2.24) is 5.32 Å². The molecule has 0 aliphatic rings. The minimum Gasteiger partial charge on any atom is -0.322 e. The van der Waals surface area contributed by atoms with Crippen LogP contribution in [0.3, 0.4) is 0 Å². The first-order valence-electron chi connectivity index (χ1n) is 6.48. The van der Waals surface area contributed by atoms with E-state index in [-0.39, 0.29) is 5.91 Å². The van der Waals surface area contributed by atoms with Crippen molar-refractivity contribution in [2.75, 3.05) is 11.6 Å². The molecule has 0 heterocycles. The molecule has 0 radical (unpaired) electrons. The van der Waals surface area contributed by atoms with Gasteiger partial charge in [0.25, 0.3) is 5.91 Å². The highest BCUT2D eigenvalue weighted by atomic mass is 32.2. The molecule has 2 rings (SSSR count). The molecule has 0 fully saturated rings. The molecule has 0 aromatic heterocycles. The number of anilines is 1.